The summed E-state index contributed by atoms with van der Waals surface area (Å²) in [7, 11) is 1.57. The van der Waals surface area contributed by atoms with Gasteiger partial charge in [-0.15, -0.1) is 5.10 Å². The number of rotatable bonds is 5. The fourth-order valence-corrected chi connectivity index (χ4v) is 1.35. The number of anilines is 2. The number of methoxy groups -OCH3 is 1. The zero-order valence-corrected chi connectivity index (χ0v) is 9.50. The molecule has 2 aromatic heterocycles. The van der Waals surface area contributed by atoms with Crippen LogP contribution in [0.1, 0.15) is 0 Å². The molecule has 0 aromatic carbocycles. The van der Waals surface area contributed by atoms with E-state index in [2.05, 4.69) is 20.6 Å². The normalized spacial score (nSPS) is 10.2. The predicted octanol–water partition coefficient (Wildman–Crippen LogP) is 0.376. The Hall–Kier alpha value is -2.31. The van der Waals surface area contributed by atoms with Crippen molar-refractivity contribution >= 4 is 11.5 Å². The number of nitrogens with one attached hydrogen (secondary N) is 1. The van der Waals surface area contributed by atoms with Gasteiger partial charge in [-0.3, -0.25) is 4.68 Å². The number of pyridine rings is 1. The molecule has 0 aliphatic carbocycles. The van der Waals surface area contributed by atoms with Gasteiger partial charge in [0.2, 0.25) is 5.88 Å². The van der Waals surface area contributed by atoms with Gasteiger partial charge in [-0.05, 0) is 6.07 Å². The van der Waals surface area contributed by atoms with Gasteiger partial charge in [0.05, 0.1) is 25.5 Å². The van der Waals surface area contributed by atoms with Crippen molar-refractivity contribution in [2.75, 3.05) is 24.7 Å². The van der Waals surface area contributed by atoms with Gasteiger partial charge in [0, 0.05) is 18.8 Å². The van der Waals surface area contributed by atoms with Crippen LogP contribution in [0.5, 0.6) is 5.88 Å². The fraction of sp³-hybridized carbons (Fsp3) is 0.300. The molecular weight excluding hydrogens is 220 g/mol. The third kappa shape index (κ3) is 2.83. The Kier molecular flexibility index (Phi) is 3.39. The third-order valence-electron chi connectivity index (χ3n) is 2.22. The maximum Gasteiger partial charge on any atom is 0.215 e. The Morgan fingerprint density at radius 2 is 2.35 bits per heavy atom. The number of hydrogen-bond donors (Lipinski definition) is 2. The van der Waals surface area contributed by atoms with Crippen molar-refractivity contribution in [2.45, 2.75) is 6.54 Å². The van der Waals surface area contributed by atoms with E-state index in [4.69, 9.17) is 10.5 Å². The maximum absolute atomic E-state index is 5.79. The molecule has 0 saturated heterocycles. The minimum atomic E-state index is 0.530. The minimum absolute atomic E-state index is 0.530. The molecule has 2 aromatic rings. The Bertz CT molecular complexity index is 470. The van der Waals surface area contributed by atoms with E-state index in [1.54, 1.807) is 36.3 Å². The van der Waals surface area contributed by atoms with Crippen molar-refractivity contribution in [2.24, 2.45) is 0 Å². The molecular formula is C10H14N6O. The predicted molar refractivity (Wildman–Crippen MR) is 63.7 cm³/mol. The highest BCUT2D eigenvalue weighted by molar-refractivity contribution is 5.61. The van der Waals surface area contributed by atoms with Gasteiger partial charge in [0.1, 0.15) is 0 Å². The molecule has 0 aliphatic rings. The summed E-state index contributed by atoms with van der Waals surface area (Å²) in [6.07, 6.45) is 3.43. The monoisotopic (exact) mass is 234 g/mol. The Morgan fingerprint density at radius 1 is 1.47 bits per heavy atom. The number of nitrogen functional groups attached to an aromatic ring is 1. The van der Waals surface area contributed by atoms with Gasteiger partial charge in [-0.1, -0.05) is 5.21 Å². The van der Waals surface area contributed by atoms with Crippen LogP contribution in [0.3, 0.4) is 0 Å². The highest BCUT2D eigenvalue weighted by Crippen LogP contribution is 2.18. The van der Waals surface area contributed by atoms with Crippen LogP contribution in [-0.2, 0) is 6.54 Å². The summed E-state index contributed by atoms with van der Waals surface area (Å²) < 4.78 is 6.75. The molecule has 0 amide bonds. The van der Waals surface area contributed by atoms with E-state index in [9.17, 15) is 0 Å². The Morgan fingerprint density at radius 3 is 3.06 bits per heavy atom. The lowest BCUT2D eigenvalue weighted by molar-refractivity contribution is 0.398. The first kappa shape index (κ1) is 11.2. The first-order valence-corrected chi connectivity index (χ1v) is 5.18. The zero-order valence-electron chi connectivity index (χ0n) is 9.50. The molecule has 0 spiro atoms. The number of nitrogens with zero attached hydrogens (tertiary/aromatic N) is 4. The van der Waals surface area contributed by atoms with Gasteiger partial charge < -0.3 is 15.8 Å². The van der Waals surface area contributed by atoms with Crippen LogP contribution in [0.2, 0.25) is 0 Å². The summed E-state index contributed by atoms with van der Waals surface area (Å²) in [5, 5.41) is 10.7. The van der Waals surface area contributed by atoms with Crippen molar-refractivity contribution in [1.82, 2.24) is 20.0 Å². The van der Waals surface area contributed by atoms with E-state index in [1.807, 2.05) is 0 Å². The quantitative estimate of drug-likeness (QED) is 0.777. The standard InChI is InChI=1S/C10H14N6O/c1-17-9-3-2-8(11)10(14-9)12-4-6-16-7-5-13-15-16/h2-3,5,7H,4,6,11H2,1H3,(H,12,14). The summed E-state index contributed by atoms with van der Waals surface area (Å²) in [5.74, 6) is 1.15. The minimum Gasteiger partial charge on any atom is -0.481 e. The highest BCUT2D eigenvalue weighted by Gasteiger charge is 2.02. The average molecular weight is 234 g/mol. The third-order valence-corrected chi connectivity index (χ3v) is 2.22. The topological polar surface area (TPSA) is 90.9 Å². The molecule has 90 valence electrons. The average Bonchev–Trinajstić information content (AvgIpc) is 2.84. The van der Waals surface area contributed by atoms with Crippen LogP contribution in [-0.4, -0.2) is 33.6 Å². The van der Waals surface area contributed by atoms with Crippen molar-refractivity contribution < 1.29 is 4.74 Å². The summed E-state index contributed by atoms with van der Waals surface area (Å²) in [5.41, 5.74) is 6.38. The molecule has 0 fully saturated rings. The molecule has 2 heterocycles. The number of aromatic nitrogens is 4. The molecule has 7 nitrogen and oxygen atoms in total. The van der Waals surface area contributed by atoms with Crippen LogP contribution in [0, 0.1) is 0 Å². The van der Waals surface area contributed by atoms with E-state index >= 15 is 0 Å². The SMILES string of the molecule is COc1ccc(N)c(NCCn2ccnn2)n1. The summed E-state index contributed by atoms with van der Waals surface area (Å²) in [6.45, 7) is 1.35. The lowest BCUT2D eigenvalue weighted by Gasteiger charge is -2.09. The molecule has 0 aliphatic heterocycles. The molecule has 0 saturated carbocycles. The second-order valence-electron chi connectivity index (χ2n) is 3.38. The maximum atomic E-state index is 5.79. The molecule has 0 bridgehead atoms. The van der Waals surface area contributed by atoms with Crippen molar-refractivity contribution in [3.8, 4) is 5.88 Å². The van der Waals surface area contributed by atoms with Crippen molar-refractivity contribution in [3.63, 3.8) is 0 Å². The lowest BCUT2D eigenvalue weighted by atomic mass is 10.4. The van der Waals surface area contributed by atoms with Gasteiger partial charge in [0.15, 0.2) is 5.82 Å². The van der Waals surface area contributed by atoms with Gasteiger partial charge in [-0.2, -0.15) is 4.98 Å². The van der Waals surface area contributed by atoms with Crippen LogP contribution in [0.15, 0.2) is 24.5 Å². The molecule has 7 heteroatoms. The number of nitrogens with two attached hydrogens (primary N) is 1. The summed E-state index contributed by atoms with van der Waals surface area (Å²) in [6, 6.07) is 3.47. The Balaban J connectivity index is 1.94. The van der Waals surface area contributed by atoms with E-state index in [-0.39, 0.29) is 0 Å². The molecule has 3 N–H and O–H groups in total. The highest BCUT2D eigenvalue weighted by atomic mass is 16.5. The first-order chi connectivity index (χ1) is 8.29. The molecule has 0 unspecified atom stereocenters. The molecule has 0 radical (unpaired) electrons. The van der Waals surface area contributed by atoms with Crippen LogP contribution < -0.4 is 15.8 Å². The zero-order chi connectivity index (χ0) is 12.1. The van der Waals surface area contributed by atoms with Crippen LogP contribution >= 0.6 is 0 Å². The van der Waals surface area contributed by atoms with Crippen LogP contribution in [0.4, 0.5) is 11.5 Å². The van der Waals surface area contributed by atoms with E-state index in [0.717, 1.165) is 0 Å². The van der Waals surface area contributed by atoms with Gasteiger partial charge in [0.25, 0.3) is 0 Å². The summed E-state index contributed by atoms with van der Waals surface area (Å²) in [4.78, 5) is 4.21. The number of hydrogen-bond acceptors (Lipinski definition) is 6. The Labute approximate surface area is 98.6 Å². The second kappa shape index (κ2) is 5.15. The van der Waals surface area contributed by atoms with Crippen LogP contribution in [0.25, 0.3) is 0 Å². The lowest BCUT2D eigenvalue weighted by Crippen LogP contribution is -2.13. The largest absolute Gasteiger partial charge is 0.481 e. The van der Waals surface area contributed by atoms with Gasteiger partial charge >= 0.3 is 0 Å². The molecule has 2 rings (SSSR count). The first-order valence-electron chi connectivity index (χ1n) is 5.18. The fourth-order valence-electron chi connectivity index (χ4n) is 1.35. The van der Waals surface area contributed by atoms with Gasteiger partial charge in [-0.25, -0.2) is 0 Å². The second-order valence-corrected chi connectivity index (χ2v) is 3.38. The van der Waals surface area contributed by atoms with Crippen molar-refractivity contribution in [3.05, 3.63) is 24.5 Å². The van der Waals surface area contributed by atoms with E-state index in [0.29, 0.717) is 30.5 Å². The van der Waals surface area contributed by atoms with E-state index < -0.39 is 0 Å². The summed E-state index contributed by atoms with van der Waals surface area (Å²) >= 11 is 0. The number of ether oxygens (including phenoxy) is 1. The molecule has 17 heavy (non-hydrogen) atoms. The smallest absolute Gasteiger partial charge is 0.215 e. The molecule has 0 atom stereocenters. The van der Waals surface area contributed by atoms with Crippen molar-refractivity contribution in [1.29, 1.82) is 0 Å². The van der Waals surface area contributed by atoms with E-state index in [1.165, 1.54) is 0 Å².